The Morgan fingerprint density at radius 1 is 1.31 bits per heavy atom. The topological polar surface area (TPSA) is 46.3 Å². The first-order chi connectivity index (χ1) is 7.45. The van der Waals surface area contributed by atoms with E-state index >= 15 is 0 Å². The molecule has 0 aromatic carbocycles. The van der Waals surface area contributed by atoms with E-state index in [4.69, 9.17) is 18.0 Å². The minimum absolute atomic E-state index is 0.122. The van der Waals surface area contributed by atoms with Crippen LogP contribution in [0.1, 0.15) is 46.5 Å². The Bertz CT molecular complexity index is 237. The monoisotopic (exact) mass is 244 g/mol. The largest absolute Gasteiger partial charge is 0.392 e. The van der Waals surface area contributed by atoms with E-state index in [1.54, 1.807) is 11.9 Å². The summed E-state index contributed by atoms with van der Waals surface area (Å²) in [5, 5.41) is 0. The van der Waals surface area contributed by atoms with Gasteiger partial charge < -0.3 is 10.6 Å². The van der Waals surface area contributed by atoms with Crippen molar-refractivity contribution in [1.82, 2.24) is 4.90 Å². The molecular formula is C12H24N2OS. The van der Waals surface area contributed by atoms with Gasteiger partial charge in [-0.1, -0.05) is 38.9 Å². The molecule has 0 radical (unpaired) electrons. The molecule has 0 aliphatic heterocycles. The minimum atomic E-state index is -0.154. The van der Waals surface area contributed by atoms with Crippen molar-refractivity contribution in [2.75, 3.05) is 7.05 Å². The highest BCUT2D eigenvalue weighted by molar-refractivity contribution is 7.80. The van der Waals surface area contributed by atoms with Gasteiger partial charge in [-0.2, -0.15) is 0 Å². The number of hydrogen-bond acceptors (Lipinski definition) is 2. The molecule has 0 aliphatic rings. The summed E-state index contributed by atoms with van der Waals surface area (Å²) in [6.45, 7) is 6.08. The van der Waals surface area contributed by atoms with Crippen LogP contribution in [0.3, 0.4) is 0 Å². The average molecular weight is 244 g/mol. The zero-order valence-corrected chi connectivity index (χ0v) is 11.6. The van der Waals surface area contributed by atoms with Crippen LogP contribution in [0.5, 0.6) is 0 Å². The lowest BCUT2D eigenvalue weighted by atomic mass is 9.96. The van der Waals surface area contributed by atoms with Gasteiger partial charge in [-0.05, 0) is 19.8 Å². The third-order valence-corrected chi connectivity index (χ3v) is 3.30. The number of likely N-dealkylation sites (N-methyl/N-ethyl adjacent to an activating group) is 1. The molecule has 0 rings (SSSR count). The maximum atomic E-state index is 12.2. The number of hydrogen-bond donors (Lipinski definition) is 1. The van der Waals surface area contributed by atoms with E-state index in [9.17, 15) is 4.79 Å². The Morgan fingerprint density at radius 3 is 2.06 bits per heavy atom. The molecule has 0 aliphatic carbocycles. The molecule has 0 saturated carbocycles. The Kier molecular flexibility index (Phi) is 7.30. The van der Waals surface area contributed by atoms with Crippen molar-refractivity contribution in [2.45, 2.75) is 52.5 Å². The molecule has 0 aromatic heterocycles. The van der Waals surface area contributed by atoms with Crippen LogP contribution in [0, 0.1) is 5.92 Å². The maximum Gasteiger partial charge on any atom is 0.226 e. The third-order valence-electron chi connectivity index (χ3n) is 2.96. The Balaban J connectivity index is 4.52. The van der Waals surface area contributed by atoms with Gasteiger partial charge in [-0.25, -0.2) is 0 Å². The van der Waals surface area contributed by atoms with Crippen LogP contribution in [0.25, 0.3) is 0 Å². The van der Waals surface area contributed by atoms with Gasteiger partial charge in [0, 0.05) is 13.0 Å². The van der Waals surface area contributed by atoms with Crippen molar-refractivity contribution in [1.29, 1.82) is 0 Å². The number of carbonyl (C=O) groups is 1. The van der Waals surface area contributed by atoms with Crippen LogP contribution < -0.4 is 5.73 Å². The summed E-state index contributed by atoms with van der Waals surface area (Å²) >= 11 is 4.91. The first-order valence-corrected chi connectivity index (χ1v) is 6.42. The van der Waals surface area contributed by atoms with Crippen molar-refractivity contribution in [2.24, 2.45) is 11.7 Å². The van der Waals surface area contributed by atoms with Crippen LogP contribution in [-0.2, 0) is 4.79 Å². The highest BCUT2D eigenvalue weighted by Gasteiger charge is 2.24. The molecule has 4 heteroatoms. The lowest BCUT2D eigenvalue weighted by molar-refractivity contribution is -0.135. The molecule has 94 valence electrons. The third kappa shape index (κ3) is 4.47. The summed E-state index contributed by atoms with van der Waals surface area (Å²) < 4.78 is 0. The number of carbonyl (C=O) groups excluding carboxylic acids is 1. The number of amides is 1. The summed E-state index contributed by atoms with van der Waals surface area (Å²) in [5.41, 5.74) is 5.56. The second-order valence-corrected chi connectivity index (χ2v) is 4.77. The van der Waals surface area contributed by atoms with E-state index in [1.807, 2.05) is 6.92 Å². The molecule has 2 N–H and O–H groups in total. The number of nitrogens with two attached hydrogens (primary N) is 1. The summed E-state index contributed by atoms with van der Waals surface area (Å²) in [6, 6.07) is -0.154. The lowest BCUT2D eigenvalue weighted by Crippen LogP contribution is -2.45. The van der Waals surface area contributed by atoms with Crippen molar-refractivity contribution >= 4 is 23.1 Å². The molecule has 0 spiro atoms. The zero-order chi connectivity index (χ0) is 12.7. The summed E-state index contributed by atoms with van der Waals surface area (Å²) in [5.74, 6) is 0.292. The molecule has 1 unspecified atom stereocenters. The van der Waals surface area contributed by atoms with E-state index in [0.717, 1.165) is 25.7 Å². The van der Waals surface area contributed by atoms with Crippen molar-refractivity contribution in [3.05, 3.63) is 0 Å². The van der Waals surface area contributed by atoms with Crippen molar-refractivity contribution < 1.29 is 4.79 Å². The van der Waals surface area contributed by atoms with E-state index in [-0.39, 0.29) is 17.9 Å². The molecule has 16 heavy (non-hydrogen) atoms. The second kappa shape index (κ2) is 7.60. The predicted molar refractivity (Wildman–Crippen MR) is 72.3 cm³/mol. The fraction of sp³-hybridized carbons (Fsp3) is 0.833. The molecule has 3 nitrogen and oxygen atoms in total. The smallest absolute Gasteiger partial charge is 0.226 e. The molecule has 0 aromatic rings. The summed E-state index contributed by atoms with van der Waals surface area (Å²) in [6.07, 6.45) is 3.96. The molecule has 1 amide bonds. The highest BCUT2D eigenvalue weighted by Crippen LogP contribution is 2.17. The molecular weight excluding hydrogens is 220 g/mol. The molecule has 0 heterocycles. The first kappa shape index (κ1) is 15.4. The molecule has 0 fully saturated rings. The summed E-state index contributed by atoms with van der Waals surface area (Å²) in [7, 11) is 1.78. The first-order valence-electron chi connectivity index (χ1n) is 6.01. The number of nitrogens with zero attached hydrogens (tertiary/aromatic N) is 1. The van der Waals surface area contributed by atoms with E-state index in [1.165, 1.54) is 0 Å². The standard InChI is InChI=1S/C12H24N2OS/c1-5-7-10(8-6-2)12(15)14(4)9(3)11(13)16/h9-10H,5-8H2,1-4H3,(H2,13,16). The predicted octanol–water partition coefficient (Wildman–Crippen LogP) is 2.34. The van der Waals surface area contributed by atoms with Gasteiger partial charge in [0.05, 0.1) is 11.0 Å². The van der Waals surface area contributed by atoms with Crippen molar-refractivity contribution in [3.8, 4) is 0 Å². The fourth-order valence-electron chi connectivity index (χ4n) is 1.76. The normalized spacial score (nSPS) is 12.6. The molecule has 0 bridgehead atoms. The average Bonchev–Trinajstić information content (AvgIpc) is 2.25. The SMILES string of the molecule is CCCC(CCC)C(=O)N(C)C(C)C(N)=S. The Labute approximate surface area is 104 Å². The number of rotatable bonds is 7. The maximum absolute atomic E-state index is 12.2. The van der Waals surface area contributed by atoms with Crippen LogP contribution in [0.2, 0.25) is 0 Å². The van der Waals surface area contributed by atoms with Crippen LogP contribution in [0.4, 0.5) is 0 Å². The van der Waals surface area contributed by atoms with Gasteiger partial charge in [-0.3, -0.25) is 4.79 Å². The van der Waals surface area contributed by atoms with E-state index in [0.29, 0.717) is 4.99 Å². The minimum Gasteiger partial charge on any atom is -0.392 e. The van der Waals surface area contributed by atoms with E-state index in [2.05, 4.69) is 13.8 Å². The second-order valence-electron chi connectivity index (χ2n) is 4.30. The van der Waals surface area contributed by atoms with Crippen molar-refractivity contribution in [3.63, 3.8) is 0 Å². The molecule has 1 atom stereocenters. The van der Waals surface area contributed by atoms with Gasteiger partial charge in [0.15, 0.2) is 0 Å². The highest BCUT2D eigenvalue weighted by atomic mass is 32.1. The number of thiocarbonyl (C=S) groups is 1. The Hall–Kier alpha value is -0.640. The fourth-order valence-corrected chi connectivity index (χ4v) is 1.92. The van der Waals surface area contributed by atoms with Crippen LogP contribution in [-0.4, -0.2) is 28.9 Å². The lowest BCUT2D eigenvalue weighted by Gasteiger charge is -2.28. The van der Waals surface area contributed by atoms with Gasteiger partial charge in [0.2, 0.25) is 5.91 Å². The van der Waals surface area contributed by atoms with Crippen LogP contribution >= 0.6 is 12.2 Å². The van der Waals surface area contributed by atoms with Gasteiger partial charge in [0.1, 0.15) is 0 Å². The quantitative estimate of drug-likeness (QED) is 0.699. The molecule has 0 saturated heterocycles. The van der Waals surface area contributed by atoms with E-state index < -0.39 is 0 Å². The Morgan fingerprint density at radius 2 is 1.75 bits per heavy atom. The van der Waals surface area contributed by atoms with Crippen LogP contribution in [0.15, 0.2) is 0 Å². The summed E-state index contributed by atoms with van der Waals surface area (Å²) in [4.78, 5) is 14.2. The van der Waals surface area contributed by atoms with Gasteiger partial charge in [-0.15, -0.1) is 0 Å². The van der Waals surface area contributed by atoms with Gasteiger partial charge >= 0.3 is 0 Å². The zero-order valence-electron chi connectivity index (χ0n) is 10.8. The van der Waals surface area contributed by atoms with Gasteiger partial charge in [0.25, 0.3) is 0 Å².